The van der Waals surface area contributed by atoms with Crippen LogP contribution in [0.5, 0.6) is 0 Å². The van der Waals surface area contributed by atoms with Gasteiger partial charge in [0, 0.05) is 38.5 Å². The molecule has 0 radical (unpaired) electrons. The molecule has 0 saturated carbocycles. The summed E-state index contributed by atoms with van der Waals surface area (Å²) in [5.41, 5.74) is -2.18. The van der Waals surface area contributed by atoms with Crippen molar-refractivity contribution in [1.82, 2.24) is 30.4 Å². The predicted molar refractivity (Wildman–Crippen MR) is 129 cm³/mol. The van der Waals surface area contributed by atoms with Crippen molar-refractivity contribution in [3.8, 4) is 0 Å². The number of rotatable bonds is 6. The molecule has 2 heterocycles. The lowest BCUT2D eigenvalue weighted by Gasteiger charge is -2.40. The van der Waals surface area contributed by atoms with Crippen LogP contribution in [0, 0.1) is 18.7 Å². The summed E-state index contributed by atoms with van der Waals surface area (Å²) < 4.78 is 93.8. The van der Waals surface area contributed by atoms with E-state index >= 15 is 0 Å². The molecule has 15 heteroatoms. The van der Waals surface area contributed by atoms with E-state index in [1.807, 2.05) is 0 Å². The van der Waals surface area contributed by atoms with Gasteiger partial charge >= 0.3 is 12.4 Å². The average Bonchev–Trinajstić information content (AvgIpc) is 3.40. The molecule has 0 aliphatic carbocycles. The molecular weight excluding hydrogens is 561 g/mol. The largest absolute Gasteiger partial charge is 0.416 e. The quantitative estimate of drug-likeness (QED) is 0.429. The fourth-order valence-corrected chi connectivity index (χ4v) is 5.09. The number of nitrogens with one attached hydrogen (secondary N) is 1. The van der Waals surface area contributed by atoms with Crippen LogP contribution in [0.4, 0.5) is 30.7 Å². The van der Waals surface area contributed by atoms with Crippen molar-refractivity contribution in [2.45, 2.75) is 44.6 Å². The Hall–Kier alpha value is -4.04. The molecule has 0 spiro atoms. The predicted octanol–water partition coefficient (Wildman–Crippen LogP) is 4.52. The Morgan fingerprint density at radius 2 is 1.71 bits per heavy atom. The van der Waals surface area contributed by atoms with Gasteiger partial charge in [-0.25, -0.2) is 4.39 Å². The number of piperidine rings is 1. The van der Waals surface area contributed by atoms with E-state index in [4.69, 9.17) is 0 Å². The molecule has 41 heavy (non-hydrogen) atoms. The average molecular weight is 587 g/mol. The van der Waals surface area contributed by atoms with E-state index in [1.54, 1.807) is 6.92 Å². The second-order valence-electron chi connectivity index (χ2n) is 9.96. The summed E-state index contributed by atoms with van der Waals surface area (Å²) >= 11 is 0. The molecule has 2 aromatic carbocycles. The maximum atomic E-state index is 13.9. The van der Waals surface area contributed by atoms with Crippen LogP contribution in [0.15, 0.2) is 36.4 Å². The van der Waals surface area contributed by atoms with Gasteiger partial charge in [-0.15, -0.1) is 10.2 Å². The second kappa shape index (κ2) is 11.4. The number of carbonyl (C=O) groups is 2. The van der Waals surface area contributed by atoms with Crippen LogP contribution >= 0.6 is 0 Å². The number of carbonyl (C=O) groups excluding carboxylic acids is 2. The minimum absolute atomic E-state index is 0.0278. The van der Waals surface area contributed by atoms with Crippen LogP contribution in [0.25, 0.3) is 0 Å². The highest BCUT2D eigenvalue weighted by atomic mass is 19.4. The van der Waals surface area contributed by atoms with Gasteiger partial charge < -0.3 is 9.80 Å². The van der Waals surface area contributed by atoms with E-state index in [0.29, 0.717) is 23.3 Å². The number of hydrogen-bond acceptors (Lipinski definition) is 5. The number of halogens is 7. The number of tetrazole rings is 1. The molecule has 0 unspecified atom stereocenters. The minimum atomic E-state index is -5.02. The normalized spacial score (nSPS) is 17.9. The molecule has 2 amide bonds. The van der Waals surface area contributed by atoms with Crippen molar-refractivity contribution in [1.29, 1.82) is 0 Å². The number of H-pyrrole nitrogens is 1. The number of aromatic amines is 1. The van der Waals surface area contributed by atoms with Crippen LogP contribution < -0.4 is 0 Å². The van der Waals surface area contributed by atoms with Crippen LogP contribution in [0.1, 0.15) is 46.0 Å². The lowest BCUT2D eigenvalue weighted by molar-refractivity contribution is -0.143. The summed E-state index contributed by atoms with van der Waals surface area (Å²) in [7, 11) is 1.29. The van der Waals surface area contributed by atoms with E-state index in [9.17, 15) is 40.3 Å². The van der Waals surface area contributed by atoms with Gasteiger partial charge in [-0.3, -0.25) is 9.59 Å². The van der Waals surface area contributed by atoms with Gasteiger partial charge in [0.05, 0.1) is 17.5 Å². The lowest BCUT2D eigenvalue weighted by atomic mass is 9.78. The lowest BCUT2D eigenvalue weighted by Crippen LogP contribution is -2.48. The summed E-state index contributed by atoms with van der Waals surface area (Å²) in [4.78, 5) is 29.1. The standard InChI is InChI=1S/C26H25F7N6O2/c1-14-7-18(27)3-4-19(14)21-13-39(23(40)11-22-34-36-37-35-22)6-5-20(21)24(41)38(2)12-15-8-16(25(28,29)30)10-17(9-15)26(31,32)33/h3-4,7-10,20-21H,5-6,11-13H2,1-2H3,(H,34,35,36,37)/t20-,21+/m1/s1. The van der Waals surface area contributed by atoms with Gasteiger partial charge in [-0.1, -0.05) is 11.3 Å². The number of amides is 2. The van der Waals surface area contributed by atoms with Gasteiger partial charge in [0.2, 0.25) is 11.8 Å². The first-order chi connectivity index (χ1) is 19.1. The van der Waals surface area contributed by atoms with Gasteiger partial charge in [-0.2, -0.15) is 31.6 Å². The third-order valence-corrected chi connectivity index (χ3v) is 7.06. The molecule has 1 fully saturated rings. The van der Waals surface area contributed by atoms with Crippen molar-refractivity contribution < 1.29 is 40.3 Å². The number of hydrogen-bond donors (Lipinski definition) is 1. The van der Waals surface area contributed by atoms with Crippen molar-refractivity contribution in [3.05, 3.63) is 75.9 Å². The number of nitrogens with zero attached hydrogens (tertiary/aromatic N) is 5. The maximum Gasteiger partial charge on any atom is 0.416 e. The topological polar surface area (TPSA) is 95.1 Å². The summed E-state index contributed by atoms with van der Waals surface area (Å²) in [6.45, 7) is 1.34. The highest BCUT2D eigenvalue weighted by molar-refractivity contribution is 5.82. The number of aromatic nitrogens is 4. The molecule has 1 aliphatic heterocycles. The van der Waals surface area contributed by atoms with Gasteiger partial charge in [0.25, 0.3) is 0 Å². The third-order valence-electron chi connectivity index (χ3n) is 7.06. The van der Waals surface area contributed by atoms with E-state index in [-0.39, 0.29) is 49.3 Å². The second-order valence-corrected chi connectivity index (χ2v) is 9.96. The SMILES string of the molecule is Cc1cc(F)ccc1[C@@H]1CN(C(=O)Cc2nn[nH]n2)CC[C@H]1C(=O)N(C)Cc1cc(C(F)(F)F)cc(C(F)(F)F)c1. The summed E-state index contributed by atoms with van der Waals surface area (Å²) in [5, 5.41) is 13.2. The Morgan fingerprint density at radius 3 is 2.27 bits per heavy atom. The first-order valence-corrected chi connectivity index (χ1v) is 12.4. The zero-order valence-electron chi connectivity index (χ0n) is 21.9. The molecule has 0 bridgehead atoms. The van der Waals surface area contributed by atoms with Gasteiger partial charge in [0.15, 0.2) is 5.82 Å². The van der Waals surface area contributed by atoms with Gasteiger partial charge in [0.1, 0.15) is 5.82 Å². The molecule has 1 N–H and O–H groups in total. The molecular formula is C26H25F7N6O2. The monoisotopic (exact) mass is 586 g/mol. The molecule has 4 rings (SSSR count). The number of alkyl halides is 6. The highest BCUT2D eigenvalue weighted by Gasteiger charge is 2.40. The van der Waals surface area contributed by atoms with E-state index in [0.717, 1.165) is 4.90 Å². The molecule has 220 valence electrons. The van der Waals surface area contributed by atoms with Crippen LogP contribution in [0.2, 0.25) is 0 Å². The summed E-state index contributed by atoms with van der Waals surface area (Å²) in [5.74, 6) is -2.61. The number of aryl methyl sites for hydroxylation is 1. The summed E-state index contributed by atoms with van der Waals surface area (Å²) in [6, 6.07) is 5.20. The third kappa shape index (κ3) is 7.00. The molecule has 1 aliphatic rings. The Morgan fingerprint density at radius 1 is 1.05 bits per heavy atom. The van der Waals surface area contributed by atoms with E-state index in [1.165, 1.54) is 30.1 Å². The van der Waals surface area contributed by atoms with Crippen LogP contribution in [-0.4, -0.2) is 62.4 Å². The molecule has 1 saturated heterocycles. The van der Waals surface area contributed by atoms with Crippen LogP contribution in [-0.2, 0) is 34.9 Å². The zero-order valence-corrected chi connectivity index (χ0v) is 21.9. The van der Waals surface area contributed by atoms with E-state index < -0.39 is 53.6 Å². The molecule has 3 aromatic rings. The van der Waals surface area contributed by atoms with Crippen molar-refractivity contribution in [3.63, 3.8) is 0 Å². The fraction of sp³-hybridized carbons (Fsp3) is 0.423. The first-order valence-electron chi connectivity index (χ1n) is 12.4. The maximum absolute atomic E-state index is 13.9. The Bertz CT molecular complexity index is 1380. The minimum Gasteiger partial charge on any atom is -0.342 e. The molecule has 2 atom stereocenters. The zero-order chi connectivity index (χ0) is 30.1. The number of likely N-dealkylation sites (tertiary alicyclic amines) is 1. The van der Waals surface area contributed by atoms with Crippen molar-refractivity contribution in [2.75, 3.05) is 20.1 Å². The summed E-state index contributed by atoms with van der Waals surface area (Å²) in [6.07, 6.45) is -10.0. The highest BCUT2D eigenvalue weighted by Crippen LogP contribution is 2.38. The molecule has 8 nitrogen and oxygen atoms in total. The van der Waals surface area contributed by atoms with Gasteiger partial charge in [-0.05, 0) is 60.4 Å². The van der Waals surface area contributed by atoms with Crippen LogP contribution in [0.3, 0.4) is 0 Å². The Kier molecular flexibility index (Phi) is 8.36. The Balaban J connectivity index is 1.60. The van der Waals surface area contributed by atoms with E-state index in [2.05, 4.69) is 20.6 Å². The fourth-order valence-electron chi connectivity index (χ4n) is 5.09. The Labute approximate surface area is 229 Å². The van der Waals surface area contributed by atoms with Crippen molar-refractivity contribution in [2.24, 2.45) is 5.92 Å². The first kappa shape index (κ1) is 29.9. The molecule has 1 aromatic heterocycles. The van der Waals surface area contributed by atoms with Crippen molar-refractivity contribution >= 4 is 11.8 Å². The number of benzene rings is 2. The smallest absolute Gasteiger partial charge is 0.342 e.